The van der Waals surface area contributed by atoms with Crippen LogP contribution >= 0.6 is 15.9 Å². The second-order valence-electron chi connectivity index (χ2n) is 8.18. The average molecular weight is 495 g/mol. The number of amides is 2. The fourth-order valence-corrected chi connectivity index (χ4v) is 5.01. The van der Waals surface area contributed by atoms with E-state index in [1.165, 1.54) is 0 Å². The van der Waals surface area contributed by atoms with Crippen molar-refractivity contribution < 1.29 is 14.3 Å². The van der Waals surface area contributed by atoms with Crippen LogP contribution in [0.15, 0.2) is 65.1 Å². The highest BCUT2D eigenvalue weighted by Gasteiger charge is 2.29. The fraction of sp³-hybridized carbons (Fsp3) is 0.308. The second kappa shape index (κ2) is 9.74. The van der Waals surface area contributed by atoms with Crippen molar-refractivity contribution in [2.24, 2.45) is 5.92 Å². The maximum absolute atomic E-state index is 13.3. The largest absolute Gasteiger partial charge is 0.496 e. The van der Waals surface area contributed by atoms with Gasteiger partial charge in [-0.15, -0.1) is 0 Å². The molecular weight excluding hydrogens is 468 g/mol. The van der Waals surface area contributed by atoms with Gasteiger partial charge in [-0.05, 0) is 48.9 Å². The third-order valence-electron chi connectivity index (χ3n) is 6.22. The highest BCUT2D eigenvalue weighted by Crippen LogP contribution is 2.30. The van der Waals surface area contributed by atoms with Crippen LogP contribution in [0.1, 0.15) is 41.7 Å². The van der Waals surface area contributed by atoms with Gasteiger partial charge in [0.2, 0.25) is 5.91 Å². The van der Waals surface area contributed by atoms with Gasteiger partial charge in [0.25, 0.3) is 5.91 Å². The number of methoxy groups -OCH3 is 1. The molecule has 0 aromatic heterocycles. The number of ether oxygens (including phenoxy) is 1. The predicted octanol–water partition coefficient (Wildman–Crippen LogP) is 5.34. The lowest BCUT2D eigenvalue weighted by Gasteiger charge is -2.32. The molecule has 6 heteroatoms. The highest BCUT2D eigenvalue weighted by atomic mass is 79.9. The molecule has 5 nitrogen and oxygen atoms in total. The van der Waals surface area contributed by atoms with Gasteiger partial charge in [-0.3, -0.25) is 9.59 Å². The molecule has 166 valence electrons. The molecule has 1 unspecified atom stereocenters. The summed E-state index contributed by atoms with van der Waals surface area (Å²) in [6, 6.07) is 19.3. The molecule has 1 heterocycles. The highest BCUT2D eigenvalue weighted by molar-refractivity contribution is 9.10. The van der Waals surface area contributed by atoms with Crippen LogP contribution in [-0.4, -0.2) is 36.9 Å². The fourth-order valence-electron chi connectivity index (χ4n) is 4.39. The van der Waals surface area contributed by atoms with Gasteiger partial charge < -0.3 is 15.0 Å². The van der Waals surface area contributed by atoms with Gasteiger partial charge in [0, 0.05) is 34.4 Å². The van der Waals surface area contributed by atoms with Crippen LogP contribution in [0.2, 0.25) is 0 Å². The molecule has 0 bridgehead atoms. The Morgan fingerprint density at radius 1 is 1.00 bits per heavy atom. The molecule has 1 aliphatic rings. The SMILES string of the molecule is COc1ccc(C(=O)N2CCC(C(=O)NC(C)c3ccccc3Br)CC2)c2ccccc12. The van der Waals surface area contributed by atoms with Gasteiger partial charge in [-0.2, -0.15) is 0 Å². The van der Waals surface area contributed by atoms with Crippen LogP contribution in [0.5, 0.6) is 5.75 Å². The molecule has 1 saturated heterocycles. The van der Waals surface area contributed by atoms with Gasteiger partial charge >= 0.3 is 0 Å². The number of hydrogen-bond acceptors (Lipinski definition) is 3. The molecule has 0 aliphatic carbocycles. The minimum absolute atomic E-state index is 0.00398. The third-order valence-corrected chi connectivity index (χ3v) is 6.94. The Balaban J connectivity index is 1.41. The van der Waals surface area contributed by atoms with Crippen LogP contribution < -0.4 is 10.1 Å². The Morgan fingerprint density at radius 3 is 2.34 bits per heavy atom. The number of rotatable bonds is 5. The predicted molar refractivity (Wildman–Crippen MR) is 130 cm³/mol. The van der Waals surface area contributed by atoms with E-state index in [0.717, 1.165) is 26.6 Å². The molecule has 1 atom stereocenters. The topological polar surface area (TPSA) is 58.6 Å². The summed E-state index contributed by atoms with van der Waals surface area (Å²) in [6.07, 6.45) is 1.32. The maximum atomic E-state index is 13.3. The van der Waals surface area contributed by atoms with Crippen molar-refractivity contribution in [3.05, 3.63) is 76.3 Å². The number of piperidine rings is 1. The Bertz CT molecular complexity index is 1140. The number of halogens is 1. The molecule has 32 heavy (non-hydrogen) atoms. The Hall–Kier alpha value is -2.86. The summed E-state index contributed by atoms with van der Waals surface area (Å²) >= 11 is 3.55. The molecule has 0 spiro atoms. The first-order valence-corrected chi connectivity index (χ1v) is 11.7. The number of hydrogen-bond donors (Lipinski definition) is 1. The third kappa shape index (κ3) is 4.51. The number of nitrogens with one attached hydrogen (secondary N) is 1. The molecule has 1 N–H and O–H groups in total. The van der Waals surface area contributed by atoms with Crippen molar-refractivity contribution in [3.8, 4) is 5.75 Å². The van der Waals surface area contributed by atoms with E-state index in [1.807, 2.05) is 72.5 Å². The first kappa shape index (κ1) is 22.3. The molecule has 2 amide bonds. The zero-order valence-corrected chi connectivity index (χ0v) is 19.9. The minimum Gasteiger partial charge on any atom is -0.496 e. The van der Waals surface area contributed by atoms with Crippen molar-refractivity contribution in [2.75, 3.05) is 20.2 Å². The summed E-state index contributed by atoms with van der Waals surface area (Å²) < 4.78 is 6.43. The van der Waals surface area contributed by atoms with Crippen LogP contribution in [-0.2, 0) is 4.79 Å². The molecule has 3 aromatic carbocycles. The van der Waals surface area contributed by atoms with Crippen LogP contribution in [0, 0.1) is 5.92 Å². The Labute approximate surface area is 196 Å². The number of fused-ring (bicyclic) bond motifs is 1. The van der Waals surface area contributed by atoms with Gasteiger partial charge in [0.15, 0.2) is 0 Å². The summed E-state index contributed by atoms with van der Waals surface area (Å²) in [7, 11) is 1.64. The van der Waals surface area contributed by atoms with Crippen molar-refractivity contribution in [1.29, 1.82) is 0 Å². The first-order chi connectivity index (χ1) is 15.5. The summed E-state index contributed by atoms with van der Waals surface area (Å²) in [5, 5.41) is 4.95. The van der Waals surface area contributed by atoms with E-state index in [0.29, 0.717) is 31.5 Å². The minimum atomic E-state index is -0.0865. The van der Waals surface area contributed by atoms with E-state index in [1.54, 1.807) is 7.11 Å². The second-order valence-corrected chi connectivity index (χ2v) is 9.03. The molecule has 3 aromatic rings. The number of benzene rings is 3. The summed E-state index contributed by atoms with van der Waals surface area (Å²) in [5.41, 5.74) is 1.73. The summed E-state index contributed by atoms with van der Waals surface area (Å²) in [4.78, 5) is 28.0. The summed E-state index contributed by atoms with van der Waals surface area (Å²) in [5.74, 6) is 0.725. The van der Waals surface area contributed by atoms with Crippen LogP contribution in [0.3, 0.4) is 0 Å². The van der Waals surface area contributed by atoms with Crippen molar-refractivity contribution in [3.63, 3.8) is 0 Å². The quantitative estimate of drug-likeness (QED) is 0.520. The van der Waals surface area contributed by atoms with E-state index < -0.39 is 0 Å². The standard InChI is InChI=1S/C26H27BrN2O3/c1-17(19-7-5-6-10-23(19)27)28-25(30)18-13-15-29(16-14-18)26(31)22-11-12-24(32-2)21-9-4-3-8-20(21)22/h3-12,17-18H,13-16H2,1-2H3,(H,28,30). The molecular formula is C26H27BrN2O3. The molecule has 4 rings (SSSR count). The maximum Gasteiger partial charge on any atom is 0.254 e. The number of likely N-dealkylation sites (tertiary alicyclic amines) is 1. The first-order valence-electron chi connectivity index (χ1n) is 10.9. The van der Waals surface area contributed by atoms with Crippen molar-refractivity contribution in [2.45, 2.75) is 25.8 Å². The number of nitrogens with zero attached hydrogens (tertiary/aromatic N) is 1. The van der Waals surface area contributed by atoms with E-state index in [2.05, 4.69) is 21.2 Å². The van der Waals surface area contributed by atoms with Gasteiger partial charge in [-0.1, -0.05) is 58.4 Å². The lowest BCUT2D eigenvalue weighted by Crippen LogP contribution is -2.43. The van der Waals surface area contributed by atoms with Gasteiger partial charge in [-0.25, -0.2) is 0 Å². The molecule has 1 fully saturated rings. The Kier molecular flexibility index (Phi) is 6.80. The zero-order chi connectivity index (χ0) is 22.7. The van der Waals surface area contributed by atoms with Gasteiger partial charge in [0.05, 0.1) is 13.2 Å². The number of carbonyl (C=O) groups excluding carboxylic acids is 2. The molecule has 0 saturated carbocycles. The van der Waals surface area contributed by atoms with Crippen LogP contribution in [0.4, 0.5) is 0 Å². The normalized spacial score (nSPS) is 15.4. The smallest absolute Gasteiger partial charge is 0.254 e. The van der Waals surface area contributed by atoms with E-state index in [-0.39, 0.29) is 23.8 Å². The molecule has 0 radical (unpaired) electrons. The monoisotopic (exact) mass is 494 g/mol. The van der Waals surface area contributed by atoms with Crippen LogP contribution in [0.25, 0.3) is 10.8 Å². The lowest BCUT2D eigenvalue weighted by molar-refractivity contribution is -0.127. The average Bonchev–Trinajstić information content (AvgIpc) is 2.83. The number of carbonyl (C=O) groups is 2. The van der Waals surface area contributed by atoms with E-state index >= 15 is 0 Å². The molecule has 1 aliphatic heterocycles. The lowest BCUT2D eigenvalue weighted by atomic mass is 9.94. The van der Waals surface area contributed by atoms with E-state index in [9.17, 15) is 9.59 Å². The van der Waals surface area contributed by atoms with Crippen molar-refractivity contribution in [1.82, 2.24) is 10.2 Å². The zero-order valence-electron chi connectivity index (χ0n) is 18.3. The Morgan fingerprint density at radius 2 is 1.66 bits per heavy atom. The van der Waals surface area contributed by atoms with Gasteiger partial charge in [0.1, 0.15) is 5.75 Å². The summed E-state index contributed by atoms with van der Waals surface area (Å²) in [6.45, 7) is 3.13. The van der Waals surface area contributed by atoms with Crippen molar-refractivity contribution >= 4 is 38.5 Å². The van der Waals surface area contributed by atoms with E-state index in [4.69, 9.17) is 4.74 Å².